The lowest BCUT2D eigenvalue weighted by Gasteiger charge is -2.26. The molecule has 0 aromatic carbocycles. The highest BCUT2D eigenvalue weighted by molar-refractivity contribution is 4.88. The summed E-state index contributed by atoms with van der Waals surface area (Å²) in [5.74, 6) is 0.825. The fourth-order valence-corrected chi connectivity index (χ4v) is 2.00. The number of hydrogen-bond acceptors (Lipinski definition) is 1. The fourth-order valence-electron chi connectivity index (χ4n) is 2.00. The van der Waals surface area contributed by atoms with E-state index in [0.717, 1.165) is 18.9 Å². The van der Waals surface area contributed by atoms with Crippen LogP contribution >= 0.6 is 0 Å². The zero-order valence-electron chi connectivity index (χ0n) is 8.96. The van der Waals surface area contributed by atoms with Gasteiger partial charge >= 0.3 is 0 Å². The highest BCUT2D eigenvalue weighted by Gasteiger charge is 2.19. The average Bonchev–Trinajstić information content (AvgIpc) is 2.17. The third kappa shape index (κ3) is 3.95. The Bertz CT molecular complexity index is 143. The molecule has 1 aliphatic rings. The largest absolute Gasteiger partial charge is 0.378 e. The lowest BCUT2D eigenvalue weighted by Crippen LogP contribution is -2.21. The Morgan fingerprint density at radius 2 is 1.92 bits per heavy atom. The smallest absolute Gasteiger partial charge is 0.0575 e. The average molecular weight is 182 g/mol. The van der Waals surface area contributed by atoms with Crippen LogP contribution in [0.4, 0.5) is 0 Å². The van der Waals surface area contributed by atoms with E-state index in [1.165, 1.54) is 25.7 Å². The number of ether oxygens (including phenoxy) is 1. The first-order valence-corrected chi connectivity index (χ1v) is 5.61. The molecule has 0 heterocycles. The summed E-state index contributed by atoms with van der Waals surface area (Å²) < 4.78 is 5.73. The Hall–Kier alpha value is -0.300. The second-order valence-electron chi connectivity index (χ2n) is 3.93. The summed E-state index contributed by atoms with van der Waals surface area (Å²) in [6.45, 7) is 5.23. The van der Waals surface area contributed by atoms with Crippen molar-refractivity contribution in [3.8, 4) is 0 Å². The molecule has 0 saturated heterocycles. The summed E-state index contributed by atoms with van der Waals surface area (Å²) in [5.41, 5.74) is 0. The van der Waals surface area contributed by atoms with Gasteiger partial charge in [-0.25, -0.2) is 0 Å². The molecule has 1 aliphatic carbocycles. The van der Waals surface area contributed by atoms with Crippen molar-refractivity contribution in [1.29, 1.82) is 0 Å². The summed E-state index contributed by atoms with van der Waals surface area (Å²) in [4.78, 5) is 0. The van der Waals surface area contributed by atoms with E-state index >= 15 is 0 Å². The van der Waals surface area contributed by atoms with E-state index in [1.54, 1.807) is 0 Å². The van der Waals surface area contributed by atoms with Gasteiger partial charge in [0.05, 0.1) is 6.10 Å². The van der Waals surface area contributed by atoms with Gasteiger partial charge in [0.2, 0.25) is 0 Å². The summed E-state index contributed by atoms with van der Waals surface area (Å²) in [6, 6.07) is 0. The van der Waals surface area contributed by atoms with Crippen LogP contribution in [-0.4, -0.2) is 12.7 Å². The van der Waals surface area contributed by atoms with Gasteiger partial charge in [-0.15, -0.1) is 0 Å². The third-order valence-electron chi connectivity index (χ3n) is 2.74. The highest BCUT2D eigenvalue weighted by Crippen LogP contribution is 2.27. The van der Waals surface area contributed by atoms with E-state index in [0.29, 0.717) is 6.10 Å². The molecule has 0 spiro atoms. The van der Waals surface area contributed by atoms with E-state index in [1.807, 2.05) is 0 Å². The van der Waals surface area contributed by atoms with Crippen molar-refractivity contribution in [1.82, 2.24) is 0 Å². The van der Waals surface area contributed by atoms with Crippen LogP contribution in [0.1, 0.15) is 46.0 Å². The summed E-state index contributed by atoms with van der Waals surface area (Å²) in [6.07, 6.45) is 11.4. The number of hydrogen-bond donors (Lipinski definition) is 0. The van der Waals surface area contributed by atoms with E-state index < -0.39 is 0 Å². The summed E-state index contributed by atoms with van der Waals surface area (Å²) in [7, 11) is 0. The molecule has 13 heavy (non-hydrogen) atoms. The van der Waals surface area contributed by atoms with Crippen LogP contribution in [0.25, 0.3) is 0 Å². The Balaban J connectivity index is 2.15. The Kier molecular flexibility index (Phi) is 5.14. The molecule has 1 rings (SSSR count). The Labute approximate surface area is 82.2 Å². The quantitative estimate of drug-likeness (QED) is 0.604. The van der Waals surface area contributed by atoms with Crippen molar-refractivity contribution in [2.75, 3.05) is 6.61 Å². The molecule has 0 bridgehead atoms. The van der Waals surface area contributed by atoms with Crippen LogP contribution < -0.4 is 0 Å². The van der Waals surface area contributed by atoms with Gasteiger partial charge in [0, 0.05) is 6.61 Å². The monoisotopic (exact) mass is 182 g/mol. The van der Waals surface area contributed by atoms with Crippen molar-refractivity contribution in [2.24, 2.45) is 5.92 Å². The summed E-state index contributed by atoms with van der Waals surface area (Å²) >= 11 is 0. The molecule has 1 heteroatoms. The maximum absolute atomic E-state index is 5.73. The molecule has 1 nitrogen and oxygen atoms in total. The standard InChI is InChI=1S/C12H22O/c1-3-5-11-6-8-12(9-7-11)13-10-4-2/h3,5,11-12H,4,6-10H2,1-2H3/b5-3+. The topological polar surface area (TPSA) is 9.23 Å². The van der Waals surface area contributed by atoms with Crippen molar-refractivity contribution < 1.29 is 4.74 Å². The highest BCUT2D eigenvalue weighted by atomic mass is 16.5. The molecule has 1 saturated carbocycles. The molecular formula is C12H22O. The molecule has 0 aliphatic heterocycles. The Morgan fingerprint density at radius 3 is 2.46 bits per heavy atom. The summed E-state index contributed by atoms with van der Waals surface area (Å²) in [5, 5.41) is 0. The van der Waals surface area contributed by atoms with Gasteiger partial charge in [-0.3, -0.25) is 0 Å². The first kappa shape index (κ1) is 10.8. The van der Waals surface area contributed by atoms with Gasteiger partial charge in [0.25, 0.3) is 0 Å². The maximum Gasteiger partial charge on any atom is 0.0575 e. The second-order valence-corrected chi connectivity index (χ2v) is 3.93. The minimum atomic E-state index is 0.557. The molecule has 0 unspecified atom stereocenters. The molecule has 0 radical (unpaired) electrons. The molecular weight excluding hydrogens is 160 g/mol. The van der Waals surface area contributed by atoms with Gasteiger partial charge in [-0.05, 0) is 44.9 Å². The van der Waals surface area contributed by atoms with E-state index in [4.69, 9.17) is 4.74 Å². The van der Waals surface area contributed by atoms with Crippen molar-refractivity contribution in [3.63, 3.8) is 0 Å². The zero-order chi connectivity index (χ0) is 9.52. The van der Waals surface area contributed by atoms with Crippen molar-refractivity contribution in [2.45, 2.75) is 52.1 Å². The minimum Gasteiger partial charge on any atom is -0.378 e. The molecule has 0 aromatic heterocycles. The lowest BCUT2D eigenvalue weighted by atomic mass is 9.87. The molecule has 0 atom stereocenters. The molecule has 0 amide bonds. The van der Waals surface area contributed by atoms with Gasteiger partial charge in [0.1, 0.15) is 0 Å². The van der Waals surface area contributed by atoms with Gasteiger partial charge in [-0.1, -0.05) is 19.1 Å². The van der Waals surface area contributed by atoms with Gasteiger partial charge in [0.15, 0.2) is 0 Å². The predicted octanol–water partition coefficient (Wildman–Crippen LogP) is 3.55. The third-order valence-corrected chi connectivity index (χ3v) is 2.74. The number of allylic oxidation sites excluding steroid dienone is 2. The minimum absolute atomic E-state index is 0.557. The number of rotatable bonds is 4. The second kappa shape index (κ2) is 6.20. The van der Waals surface area contributed by atoms with Gasteiger partial charge in [-0.2, -0.15) is 0 Å². The molecule has 76 valence electrons. The molecule has 1 fully saturated rings. The molecule has 0 N–H and O–H groups in total. The van der Waals surface area contributed by atoms with Crippen molar-refractivity contribution in [3.05, 3.63) is 12.2 Å². The van der Waals surface area contributed by atoms with E-state index in [-0.39, 0.29) is 0 Å². The fraction of sp³-hybridized carbons (Fsp3) is 0.833. The molecule has 0 aromatic rings. The Morgan fingerprint density at radius 1 is 1.23 bits per heavy atom. The zero-order valence-corrected chi connectivity index (χ0v) is 8.96. The van der Waals surface area contributed by atoms with Crippen LogP contribution in [0.5, 0.6) is 0 Å². The van der Waals surface area contributed by atoms with Crippen molar-refractivity contribution >= 4 is 0 Å². The first-order chi connectivity index (χ1) is 6.36. The lowest BCUT2D eigenvalue weighted by molar-refractivity contribution is 0.0227. The van der Waals surface area contributed by atoms with Crippen LogP contribution in [0, 0.1) is 5.92 Å². The first-order valence-electron chi connectivity index (χ1n) is 5.61. The van der Waals surface area contributed by atoms with Crippen LogP contribution in [-0.2, 0) is 4.74 Å². The SMILES string of the molecule is C/C=C/C1CCC(OCCC)CC1. The van der Waals surface area contributed by atoms with Crippen LogP contribution in [0.3, 0.4) is 0 Å². The normalized spacial score (nSPS) is 29.7. The maximum atomic E-state index is 5.73. The van der Waals surface area contributed by atoms with Crippen LogP contribution in [0.2, 0.25) is 0 Å². The van der Waals surface area contributed by atoms with E-state index in [9.17, 15) is 0 Å². The van der Waals surface area contributed by atoms with E-state index in [2.05, 4.69) is 26.0 Å². The van der Waals surface area contributed by atoms with Crippen LogP contribution in [0.15, 0.2) is 12.2 Å². The predicted molar refractivity (Wildman–Crippen MR) is 56.8 cm³/mol. The van der Waals surface area contributed by atoms with Gasteiger partial charge < -0.3 is 4.74 Å².